The zero-order chi connectivity index (χ0) is 24.3. The molecule has 0 spiro atoms. The molecular formula is C32H20N4O. The second-order valence-electron chi connectivity index (χ2n) is 9.17. The van der Waals surface area contributed by atoms with E-state index in [-0.39, 0.29) is 0 Å². The van der Waals surface area contributed by atoms with Crippen LogP contribution in [0.3, 0.4) is 0 Å². The fraction of sp³-hybridized carbons (Fsp3) is 0. The molecule has 4 aromatic heterocycles. The first kappa shape index (κ1) is 20.1. The molecule has 4 aromatic carbocycles. The van der Waals surface area contributed by atoms with E-state index in [1.807, 2.05) is 60.8 Å². The van der Waals surface area contributed by atoms with Crippen molar-refractivity contribution in [1.29, 1.82) is 0 Å². The van der Waals surface area contributed by atoms with Crippen LogP contribution >= 0.6 is 0 Å². The zero-order valence-electron chi connectivity index (χ0n) is 19.7. The van der Waals surface area contributed by atoms with E-state index in [2.05, 4.69) is 69.6 Å². The summed E-state index contributed by atoms with van der Waals surface area (Å²) in [7, 11) is 0. The Morgan fingerprint density at radius 1 is 0.649 bits per heavy atom. The molecule has 0 amide bonds. The third-order valence-corrected chi connectivity index (χ3v) is 7.00. The maximum atomic E-state index is 6.39. The monoisotopic (exact) mass is 476 g/mol. The van der Waals surface area contributed by atoms with Crippen molar-refractivity contribution in [3.63, 3.8) is 0 Å². The molecule has 174 valence electrons. The van der Waals surface area contributed by atoms with Crippen LogP contribution in [-0.2, 0) is 0 Å². The minimum Gasteiger partial charge on any atom is -0.437 e. The molecule has 5 nitrogen and oxygen atoms in total. The van der Waals surface area contributed by atoms with Gasteiger partial charge < -0.3 is 4.42 Å². The van der Waals surface area contributed by atoms with E-state index in [4.69, 9.17) is 14.4 Å². The fourth-order valence-corrected chi connectivity index (χ4v) is 5.25. The van der Waals surface area contributed by atoms with Crippen molar-refractivity contribution in [3.05, 3.63) is 121 Å². The number of para-hydroxylation sites is 2. The molecule has 8 aromatic rings. The van der Waals surface area contributed by atoms with E-state index in [0.29, 0.717) is 0 Å². The smallest absolute Gasteiger partial charge is 0.232 e. The Hall–Kier alpha value is -5.16. The number of rotatable bonds is 3. The van der Waals surface area contributed by atoms with Crippen molar-refractivity contribution in [2.75, 3.05) is 0 Å². The SMILES string of the molecule is c1ccc(-c2ccc(-c3ccc4c(c3)nc3n(-c5ccccc5)c5c6ccccc6oc5n43)nc2)cc1. The average molecular weight is 477 g/mol. The van der Waals surface area contributed by atoms with Gasteiger partial charge in [0.05, 0.1) is 16.7 Å². The van der Waals surface area contributed by atoms with Gasteiger partial charge in [0.1, 0.15) is 11.1 Å². The third kappa shape index (κ3) is 2.98. The van der Waals surface area contributed by atoms with Crippen molar-refractivity contribution in [2.45, 2.75) is 0 Å². The number of hydrogen-bond donors (Lipinski definition) is 0. The first-order chi connectivity index (χ1) is 18.3. The largest absolute Gasteiger partial charge is 0.437 e. The van der Waals surface area contributed by atoms with Gasteiger partial charge in [0.2, 0.25) is 11.5 Å². The molecule has 0 atom stereocenters. The van der Waals surface area contributed by atoms with Crippen LogP contribution < -0.4 is 0 Å². The van der Waals surface area contributed by atoms with Crippen LogP contribution in [0.25, 0.3) is 67.1 Å². The summed E-state index contributed by atoms with van der Waals surface area (Å²) in [5.41, 5.74) is 9.82. The molecule has 0 fully saturated rings. The summed E-state index contributed by atoms with van der Waals surface area (Å²) in [6.45, 7) is 0. The number of aromatic nitrogens is 4. The molecule has 0 saturated carbocycles. The second-order valence-corrected chi connectivity index (χ2v) is 9.17. The molecule has 0 bridgehead atoms. The van der Waals surface area contributed by atoms with Crippen molar-refractivity contribution >= 4 is 39.0 Å². The molecule has 0 saturated heterocycles. The van der Waals surface area contributed by atoms with Crippen molar-refractivity contribution < 1.29 is 4.42 Å². The standard InChI is InChI=1S/C32H20N4O/c1-3-9-21(10-4-1)23-15-17-26(33-20-23)22-16-18-28-27(19-22)34-32-35(24-11-5-2-6-12-24)30-25-13-7-8-14-29(25)37-31(30)36(28)32/h1-20H. The van der Waals surface area contributed by atoms with Gasteiger partial charge in [-0.3, -0.25) is 9.55 Å². The van der Waals surface area contributed by atoms with E-state index < -0.39 is 0 Å². The highest BCUT2D eigenvalue weighted by Gasteiger charge is 2.23. The molecular weight excluding hydrogens is 456 g/mol. The van der Waals surface area contributed by atoms with Gasteiger partial charge in [0.25, 0.3) is 0 Å². The summed E-state index contributed by atoms with van der Waals surface area (Å²) in [4.78, 5) is 9.86. The molecule has 0 aliphatic rings. The number of imidazole rings is 2. The van der Waals surface area contributed by atoms with Gasteiger partial charge in [0, 0.05) is 28.4 Å². The average Bonchev–Trinajstić information content (AvgIpc) is 3.61. The zero-order valence-corrected chi connectivity index (χ0v) is 19.7. The van der Waals surface area contributed by atoms with Crippen LogP contribution in [0, 0.1) is 0 Å². The van der Waals surface area contributed by atoms with Crippen molar-refractivity contribution in [3.8, 4) is 28.1 Å². The Labute approximate surface area is 211 Å². The lowest BCUT2D eigenvalue weighted by Gasteiger charge is -2.04. The van der Waals surface area contributed by atoms with Crippen molar-refractivity contribution in [1.82, 2.24) is 18.9 Å². The van der Waals surface area contributed by atoms with Gasteiger partial charge in [-0.25, -0.2) is 9.38 Å². The Kier molecular flexibility index (Phi) is 4.16. The summed E-state index contributed by atoms with van der Waals surface area (Å²) in [6.07, 6.45) is 1.93. The summed E-state index contributed by atoms with van der Waals surface area (Å²) >= 11 is 0. The molecule has 5 heteroatoms. The maximum Gasteiger partial charge on any atom is 0.232 e. The molecule has 0 unspecified atom stereocenters. The Balaban J connectivity index is 1.34. The minimum absolute atomic E-state index is 0.792. The lowest BCUT2D eigenvalue weighted by Crippen LogP contribution is -1.94. The van der Waals surface area contributed by atoms with Crippen LogP contribution in [0.1, 0.15) is 0 Å². The topological polar surface area (TPSA) is 48.3 Å². The summed E-state index contributed by atoms with van der Waals surface area (Å²) < 4.78 is 10.7. The predicted octanol–water partition coefficient (Wildman–Crippen LogP) is 7.91. The predicted molar refractivity (Wildman–Crippen MR) is 148 cm³/mol. The molecule has 4 heterocycles. The van der Waals surface area contributed by atoms with Crippen LogP contribution in [0.15, 0.2) is 126 Å². The van der Waals surface area contributed by atoms with E-state index in [0.717, 1.165) is 67.1 Å². The second kappa shape index (κ2) is 7.67. The number of benzene rings is 4. The Morgan fingerprint density at radius 3 is 2.22 bits per heavy atom. The number of nitrogens with zero attached hydrogens (tertiary/aromatic N) is 4. The van der Waals surface area contributed by atoms with Gasteiger partial charge in [-0.2, -0.15) is 0 Å². The highest BCUT2D eigenvalue weighted by Crippen LogP contribution is 2.36. The molecule has 37 heavy (non-hydrogen) atoms. The minimum atomic E-state index is 0.792. The van der Waals surface area contributed by atoms with Gasteiger partial charge in [-0.1, -0.05) is 72.8 Å². The molecule has 0 aliphatic carbocycles. The van der Waals surface area contributed by atoms with Crippen LogP contribution in [-0.4, -0.2) is 18.9 Å². The van der Waals surface area contributed by atoms with Gasteiger partial charge in [-0.15, -0.1) is 0 Å². The van der Waals surface area contributed by atoms with Crippen LogP contribution in [0.2, 0.25) is 0 Å². The molecule has 0 aliphatic heterocycles. The van der Waals surface area contributed by atoms with E-state index >= 15 is 0 Å². The van der Waals surface area contributed by atoms with Crippen molar-refractivity contribution in [2.24, 2.45) is 0 Å². The number of hydrogen-bond acceptors (Lipinski definition) is 3. The fourth-order valence-electron chi connectivity index (χ4n) is 5.25. The van der Waals surface area contributed by atoms with E-state index in [1.165, 1.54) is 0 Å². The highest BCUT2D eigenvalue weighted by molar-refractivity contribution is 6.06. The Bertz CT molecular complexity index is 2060. The quantitative estimate of drug-likeness (QED) is 0.260. The van der Waals surface area contributed by atoms with Gasteiger partial charge >= 0.3 is 0 Å². The molecule has 0 N–H and O–H groups in total. The Morgan fingerprint density at radius 2 is 1.41 bits per heavy atom. The third-order valence-electron chi connectivity index (χ3n) is 7.00. The van der Waals surface area contributed by atoms with E-state index in [1.54, 1.807) is 0 Å². The first-order valence-electron chi connectivity index (χ1n) is 12.3. The highest BCUT2D eigenvalue weighted by atomic mass is 16.3. The molecule has 0 radical (unpaired) electrons. The number of furan rings is 1. The molecule has 8 rings (SSSR count). The summed E-state index contributed by atoms with van der Waals surface area (Å²) in [6, 6.07) is 39.3. The summed E-state index contributed by atoms with van der Waals surface area (Å²) in [5.74, 6) is 0.824. The normalized spacial score (nSPS) is 11.8. The van der Waals surface area contributed by atoms with Crippen LogP contribution in [0.4, 0.5) is 0 Å². The number of pyridine rings is 1. The number of fused-ring (bicyclic) bond motifs is 7. The van der Waals surface area contributed by atoms with Gasteiger partial charge in [0.15, 0.2) is 0 Å². The first-order valence-corrected chi connectivity index (χ1v) is 12.3. The summed E-state index contributed by atoms with van der Waals surface area (Å²) in [5, 5.41) is 1.07. The van der Waals surface area contributed by atoms with E-state index in [9.17, 15) is 0 Å². The lowest BCUT2D eigenvalue weighted by atomic mass is 10.1. The van der Waals surface area contributed by atoms with Crippen LogP contribution in [0.5, 0.6) is 0 Å². The maximum absolute atomic E-state index is 6.39. The lowest BCUT2D eigenvalue weighted by molar-refractivity contribution is 0.651. The van der Waals surface area contributed by atoms with Gasteiger partial charge in [-0.05, 0) is 48.0 Å².